The summed E-state index contributed by atoms with van der Waals surface area (Å²) in [6.07, 6.45) is 0. The Hall–Kier alpha value is -2.74. The lowest BCUT2D eigenvalue weighted by atomic mass is 10.1. The Balaban J connectivity index is 1.93. The van der Waals surface area contributed by atoms with Crippen LogP contribution in [0.1, 0.15) is 23.5 Å². The Morgan fingerprint density at radius 3 is 2.81 bits per heavy atom. The second kappa shape index (κ2) is 7.25. The molecular weight excluding hydrogens is 357 g/mol. The maximum Gasteiger partial charge on any atom is 0.328 e. The summed E-state index contributed by atoms with van der Waals surface area (Å²) in [5, 5.41) is 7.68. The van der Waals surface area contributed by atoms with E-state index in [1.165, 1.54) is 17.4 Å². The summed E-state index contributed by atoms with van der Waals surface area (Å²) in [4.78, 5) is 25.3. The summed E-state index contributed by atoms with van der Waals surface area (Å²) < 4.78 is 20.6. The Morgan fingerprint density at radius 1 is 1.38 bits per heavy atom. The van der Waals surface area contributed by atoms with Crippen molar-refractivity contribution >= 4 is 33.4 Å². The fraction of sp³-hybridized carbons (Fsp3) is 0.278. The highest BCUT2D eigenvalue weighted by molar-refractivity contribution is 7.20. The summed E-state index contributed by atoms with van der Waals surface area (Å²) in [6.45, 7) is 3.52. The molecule has 0 aliphatic rings. The highest BCUT2D eigenvalue weighted by atomic mass is 32.1. The minimum Gasteiger partial charge on any atom is -0.464 e. The van der Waals surface area contributed by atoms with Crippen LogP contribution < -0.4 is 5.32 Å². The lowest BCUT2D eigenvalue weighted by molar-refractivity contribution is -0.144. The first kappa shape index (κ1) is 18.1. The van der Waals surface area contributed by atoms with Crippen molar-refractivity contribution in [2.75, 3.05) is 6.61 Å². The number of aryl methyl sites for hydroxylation is 1. The SMILES string of the molecule is CCOC(=O)C(C)NC(=O)c1cc2c(-c3ccccc3F)nn(C)c2s1. The Labute approximate surface area is 153 Å². The van der Waals surface area contributed by atoms with Crippen molar-refractivity contribution in [2.45, 2.75) is 19.9 Å². The van der Waals surface area contributed by atoms with Crippen molar-refractivity contribution in [1.29, 1.82) is 0 Å². The largest absolute Gasteiger partial charge is 0.464 e. The van der Waals surface area contributed by atoms with Crippen LogP contribution in [0.2, 0.25) is 0 Å². The standard InChI is InChI=1S/C18H18FN3O3S/c1-4-25-18(24)10(2)20-16(23)14-9-12-15(21-22(3)17(12)26-14)11-7-5-6-8-13(11)19/h5-10H,4H2,1-3H3,(H,20,23). The number of hydrogen-bond donors (Lipinski definition) is 1. The average Bonchev–Trinajstić information content (AvgIpc) is 3.16. The van der Waals surface area contributed by atoms with Crippen LogP contribution in [0.15, 0.2) is 30.3 Å². The molecule has 1 aromatic carbocycles. The smallest absolute Gasteiger partial charge is 0.328 e. The van der Waals surface area contributed by atoms with Crippen molar-refractivity contribution in [3.8, 4) is 11.3 Å². The number of carbonyl (C=O) groups excluding carboxylic acids is 2. The molecule has 6 nitrogen and oxygen atoms in total. The van der Waals surface area contributed by atoms with Gasteiger partial charge in [-0.25, -0.2) is 9.18 Å². The van der Waals surface area contributed by atoms with Crippen molar-refractivity contribution in [3.63, 3.8) is 0 Å². The van der Waals surface area contributed by atoms with Gasteiger partial charge >= 0.3 is 5.97 Å². The number of carbonyl (C=O) groups is 2. The monoisotopic (exact) mass is 375 g/mol. The normalized spacial score (nSPS) is 12.2. The van der Waals surface area contributed by atoms with Crippen molar-refractivity contribution in [1.82, 2.24) is 15.1 Å². The summed E-state index contributed by atoms with van der Waals surface area (Å²) >= 11 is 1.23. The van der Waals surface area contributed by atoms with E-state index in [-0.39, 0.29) is 18.3 Å². The van der Waals surface area contributed by atoms with Gasteiger partial charge in [-0.3, -0.25) is 9.48 Å². The number of amides is 1. The molecule has 3 aromatic rings. The molecule has 0 saturated heterocycles. The van der Waals surface area contributed by atoms with Crippen molar-refractivity contribution in [2.24, 2.45) is 7.05 Å². The number of esters is 1. The second-order valence-electron chi connectivity index (χ2n) is 5.73. The van der Waals surface area contributed by atoms with E-state index in [0.29, 0.717) is 21.5 Å². The van der Waals surface area contributed by atoms with E-state index < -0.39 is 12.0 Å². The second-order valence-corrected chi connectivity index (χ2v) is 6.76. The van der Waals surface area contributed by atoms with Gasteiger partial charge in [0.2, 0.25) is 0 Å². The fourth-order valence-corrected chi connectivity index (χ4v) is 3.57. The number of fused-ring (bicyclic) bond motifs is 1. The van der Waals surface area contributed by atoms with Crippen LogP contribution in [-0.2, 0) is 16.6 Å². The topological polar surface area (TPSA) is 73.2 Å². The zero-order chi connectivity index (χ0) is 18.8. The molecule has 1 atom stereocenters. The first-order chi connectivity index (χ1) is 12.4. The minimum absolute atomic E-state index is 0.250. The van der Waals surface area contributed by atoms with Gasteiger partial charge in [0, 0.05) is 18.0 Å². The highest BCUT2D eigenvalue weighted by Crippen LogP contribution is 2.34. The number of thiophene rings is 1. The number of nitrogens with one attached hydrogen (secondary N) is 1. The molecule has 0 spiro atoms. The molecule has 0 radical (unpaired) electrons. The molecule has 1 N–H and O–H groups in total. The summed E-state index contributed by atoms with van der Waals surface area (Å²) in [5.41, 5.74) is 0.858. The van der Waals surface area contributed by atoms with Crippen LogP contribution in [-0.4, -0.2) is 34.3 Å². The molecule has 0 aliphatic heterocycles. The summed E-state index contributed by atoms with van der Waals surface area (Å²) in [6, 6.07) is 7.29. The summed E-state index contributed by atoms with van der Waals surface area (Å²) in [5.74, 6) is -1.25. The molecule has 0 saturated carbocycles. The number of halogens is 1. The molecule has 1 unspecified atom stereocenters. The Morgan fingerprint density at radius 2 is 2.12 bits per heavy atom. The van der Waals surface area contributed by atoms with Crippen molar-refractivity contribution in [3.05, 3.63) is 41.0 Å². The lowest BCUT2D eigenvalue weighted by Crippen LogP contribution is -2.39. The number of rotatable bonds is 5. The van der Waals surface area contributed by atoms with Gasteiger partial charge < -0.3 is 10.1 Å². The van der Waals surface area contributed by atoms with Crippen LogP contribution in [0, 0.1) is 5.82 Å². The number of aromatic nitrogens is 2. The Kier molecular flexibility index (Phi) is 5.03. The number of ether oxygens (including phenoxy) is 1. The molecule has 8 heteroatoms. The molecule has 0 bridgehead atoms. The molecule has 3 rings (SSSR count). The van der Waals surface area contributed by atoms with E-state index in [4.69, 9.17) is 4.74 Å². The van der Waals surface area contributed by atoms with Gasteiger partial charge in [0.05, 0.1) is 11.5 Å². The molecule has 1 amide bonds. The highest BCUT2D eigenvalue weighted by Gasteiger charge is 2.22. The predicted octanol–water partition coefficient (Wildman–Crippen LogP) is 3.12. The summed E-state index contributed by atoms with van der Waals surface area (Å²) in [7, 11) is 1.74. The number of benzene rings is 1. The molecule has 26 heavy (non-hydrogen) atoms. The van der Waals surface area contributed by atoms with Gasteiger partial charge in [0.25, 0.3) is 5.91 Å². The van der Waals surface area contributed by atoms with Crippen LogP contribution >= 0.6 is 11.3 Å². The zero-order valence-corrected chi connectivity index (χ0v) is 15.4. The third kappa shape index (κ3) is 3.32. The van der Waals surface area contributed by atoms with E-state index in [1.54, 1.807) is 49.8 Å². The molecule has 136 valence electrons. The quantitative estimate of drug-likeness (QED) is 0.696. The first-order valence-corrected chi connectivity index (χ1v) is 8.93. The lowest BCUT2D eigenvalue weighted by Gasteiger charge is -2.11. The predicted molar refractivity (Wildman–Crippen MR) is 97.5 cm³/mol. The third-order valence-corrected chi connectivity index (χ3v) is 5.05. The van der Waals surface area contributed by atoms with E-state index in [2.05, 4.69) is 10.4 Å². The first-order valence-electron chi connectivity index (χ1n) is 8.11. The number of nitrogens with zero attached hydrogens (tertiary/aromatic N) is 2. The maximum atomic E-state index is 14.1. The van der Waals surface area contributed by atoms with Gasteiger partial charge in [0.1, 0.15) is 22.4 Å². The van der Waals surface area contributed by atoms with E-state index in [9.17, 15) is 14.0 Å². The molecule has 2 heterocycles. The fourth-order valence-electron chi connectivity index (χ4n) is 2.60. The zero-order valence-electron chi connectivity index (χ0n) is 14.6. The van der Waals surface area contributed by atoms with Gasteiger partial charge in [-0.2, -0.15) is 5.10 Å². The molecule has 0 aliphatic carbocycles. The van der Waals surface area contributed by atoms with Crippen LogP contribution in [0.4, 0.5) is 4.39 Å². The van der Waals surface area contributed by atoms with Gasteiger partial charge in [-0.1, -0.05) is 12.1 Å². The Bertz CT molecular complexity index is 979. The van der Waals surface area contributed by atoms with Gasteiger partial charge in [0.15, 0.2) is 0 Å². The average molecular weight is 375 g/mol. The van der Waals surface area contributed by atoms with Gasteiger partial charge in [-0.05, 0) is 32.0 Å². The molecular formula is C18H18FN3O3S. The molecule has 0 fully saturated rings. The van der Waals surface area contributed by atoms with Crippen LogP contribution in [0.3, 0.4) is 0 Å². The maximum absolute atomic E-state index is 14.1. The van der Waals surface area contributed by atoms with Gasteiger partial charge in [-0.15, -0.1) is 11.3 Å². The van der Waals surface area contributed by atoms with E-state index in [0.717, 1.165) is 4.83 Å². The van der Waals surface area contributed by atoms with Crippen LogP contribution in [0.25, 0.3) is 21.5 Å². The van der Waals surface area contributed by atoms with Crippen molar-refractivity contribution < 1.29 is 18.7 Å². The van der Waals surface area contributed by atoms with Crippen LogP contribution in [0.5, 0.6) is 0 Å². The molecule has 2 aromatic heterocycles. The van der Waals surface area contributed by atoms with E-state index >= 15 is 0 Å². The number of hydrogen-bond acceptors (Lipinski definition) is 5. The third-order valence-electron chi connectivity index (χ3n) is 3.85. The van der Waals surface area contributed by atoms with E-state index in [1.807, 2.05) is 0 Å². The minimum atomic E-state index is -0.753.